The van der Waals surface area contributed by atoms with Crippen LogP contribution in [-0.4, -0.2) is 26.5 Å². The van der Waals surface area contributed by atoms with Crippen LogP contribution in [0.1, 0.15) is 17.1 Å². The fourth-order valence-electron chi connectivity index (χ4n) is 1.50. The van der Waals surface area contributed by atoms with Gasteiger partial charge in [0.25, 0.3) is 0 Å². The van der Waals surface area contributed by atoms with Crippen LogP contribution in [0.25, 0.3) is 0 Å². The van der Waals surface area contributed by atoms with E-state index in [9.17, 15) is 0 Å². The Labute approximate surface area is 105 Å². The Morgan fingerprint density at radius 3 is 2.88 bits per heavy atom. The third-order valence-electron chi connectivity index (χ3n) is 2.44. The summed E-state index contributed by atoms with van der Waals surface area (Å²) in [5, 5.41) is 3.75. The number of anilines is 1. The van der Waals surface area contributed by atoms with E-state index in [1.807, 2.05) is 20.0 Å². The van der Waals surface area contributed by atoms with Crippen molar-refractivity contribution in [1.82, 2.24) is 19.9 Å². The van der Waals surface area contributed by atoms with Gasteiger partial charge in [-0.1, -0.05) is 11.6 Å². The number of rotatable bonds is 4. The van der Waals surface area contributed by atoms with Crippen LogP contribution in [0.3, 0.4) is 0 Å². The van der Waals surface area contributed by atoms with Crippen LogP contribution in [0.5, 0.6) is 0 Å². The van der Waals surface area contributed by atoms with Crippen molar-refractivity contribution in [2.45, 2.75) is 20.3 Å². The smallest absolute Gasteiger partial charge is 0.137 e. The van der Waals surface area contributed by atoms with E-state index in [0.717, 1.165) is 30.0 Å². The highest BCUT2D eigenvalue weighted by atomic mass is 35.5. The van der Waals surface area contributed by atoms with E-state index in [-0.39, 0.29) is 0 Å². The number of aromatic nitrogens is 4. The first-order valence-corrected chi connectivity index (χ1v) is 5.76. The topological polar surface area (TPSA) is 66.5 Å². The second-order valence-corrected chi connectivity index (χ2v) is 4.15. The summed E-state index contributed by atoms with van der Waals surface area (Å²) in [6.45, 7) is 4.50. The summed E-state index contributed by atoms with van der Waals surface area (Å²) < 4.78 is 0. The predicted molar refractivity (Wildman–Crippen MR) is 67.3 cm³/mol. The molecule has 0 saturated carbocycles. The van der Waals surface area contributed by atoms with Gasteiger partial charge in [0, 0.05) is 30.4 Å². The average Bonchev–Trinajstić information content (AvgIpc) is 2.78. The Balaban J connectivity index is 1.99. The summed E-state index contributed by atoms with van der Waals surface area (Å²) in [6.07, 6.45) is 4.35. The molecule has 0 aliphatic heterocycles. The molecule has 0 aliphatic rings. The van der Waals surface area contributed by atoms with Crippen molar-refractivity contribution in [3.8, 4) is 0 Å². The molecule has 5 nitrogen and oxygen atoms in total. The van der Waals surface area contributed by atoms with Gasteiger partial charge in [0.05, 0.1) is 6.33 Å². The Kier molecular flexibility index (Phi) is 3.58. The second kappa shape index (κ2) is 5.14. The highest BCUT2D eigenvalue weighted by Crippen LogP contribution is 2.19. The number of hydrogen-bond donors (Lipinski definition) is 2. The third kappa shape index (κ3) is 2.94. The number of imidazole rings is 1. The minimum absolute atomic E-state index is 0.501. The van der Waals surface area contributed by atoms with E-state index < -0.39 is 0 Å². The number of H-pyrrole nitrogens is 1. The van der Waals surface area contributed by atoms with Crippen molar-refractivity contribution in [2.75, 3.05) is 11.9 Å². The number of hydrogen-bond acceptors (Lipinski definition) is 4. The Morgan fingerprint density at radius 2 is 2.18 bits per heavy atom. The number of nitrogens with one attached hydrogen (secondary N) is 2. The Morgan fingerprint density at radius 1 is 1.35 bits per heavy atom. The second-order valence-electron chi connectivity index (χ2n) is 3.79. The summed E-state index contributed by atoms with van der Waals surface area (Å²) >= 11 is 5.99. The molecule has 0 aromatic carbocycles. The van der Waals surface area contributed by atoms with Gasteiger partial charge in [0.1, 0.15) is 16.8 Å². The largest absolute Gasteiger partial charge is 0.369 e. The fraction of sp³-hybridized carbons (Fsp3) is 0.364. The van der Waals surface area contributed by atoms with Crippen molar-refractivity contribution < 1.29 is 0 Å². The summed E-state index contributed by atoms with van der Waals surface area (Å²) in [5.74, 6) is 1.46. The molecule has 0 unspecified atom stereocenters. The van der Waals surface area contributed by atoms with Crippen LogP contribution in [0.4, 0.5) is 5.82 Å². The maximum atomic E-state index is 5.99. The normalized spacial score (nSPS) is 10.5. The van der Waals surface area contributed by atoms with Gasteiger partial charge >= 0.3 is 0 Å². The fourth-order valence-corrected chi connectivity index (χ4v) is 1.72. The maximum absolute atomic E-state index is 5.99. The van der Waals surface area contributed by atoms with E-state index in [1.54, 1.807) is 6.33 Å². The van der Waals surface area contributed by atoms with Crippen molar-refractivity contribution in [3.63, 3.8) is 0 Å². The monoisotopic (exact) mass is 251 g/mol. The first kappa shape index (κ1) is 11.9. The van der Waals surface area contributed by atoms with Gasteiger partial charge in [0.15, 0.2) is 0 Å². The molecule has 0 fully saturated rings. The van der Waals surface area contributed by atoms with Crippen LogP contribution in [0.15, 0.2) is 12.5 Å². The van der Waals surface area contributed by atoms with Crippen LogP contribution in [0.2, 0.25) is 5.15 Å². The van der Waals surface area contributed by atoms with E-state index in [1.165, 1.54) is 0 Å². The third-order valence-corrected chi connectivity index (χ3v) is 2.81. The molecule has 0 atom stereocenters. The van der Waals surface area contributed by atoms with Crippen LogP contribution in [-0.2, 0) is 6.42 Å². The summed E-state index contributed by atoms with van der Waals surface area (Å²) in [7, 11) is 0. The molecule has 0 radical (unpaired) electrons. The van der Waals surface area contributed by atoms with Crippen LogP contribution in [0, 0.1) is 13.8 Å². The lowest BCUT2D eigenvalue weighted by atomic mass is 10.3. The molecule has 0 spiro atoms. The minimum atomic E-state index is 0.501. The van der Waals surface area contributed by atoms with E-state index in [2.05, 4.69) is 25.3 Å². The molecule has 17 heavy (non-hydrogen) atoms. The van der Waals surface area contributed by atoms with Crippen LogP contribution < -0.4 is 5.32 Å². The first-order valence-electron chi connectivity index (χ1n) is 5.38. The number of nitrogens with zero attached hydrogens (tertiary/aromatic N) is 3. The van der Waals surface area contributed by atoms with Crippen molar-refractivity contribution >= 4 is 17.4 Å². The van der Waals surface area contributed by atoms with Crippen molar-refractivity contribution in [3.05, 3.63) is 34.8 Å². The molecule has 0 bridgehead atoms. The molecule has 0 saturated heterocycles. The van der Waals surface area contributed by atoms with Gasteiger partial charge in [-0.3, -0.25) is 0 Å². The summed E-state index contributed by atoms with van der Waals surface area (Å²) in [5.41, 5.74) is 1.97. The number of halogens is 1. The van der Waals surface area contributed by atoms with E-state index >= 15 is 0 Å². The lowest BCUT2D eigenvalue weighted by Gasteiger charge is -2.09. The Bertz CT molecular complexity index is 495. The van der Waals surface area contributed by atoms with Gasteiger partial charge in [-0.15, -0.1) is 0 Å². The molecule has 6 heteroatoms. The van der Waals surface area contributed by atoms with Gasteiger partial charge in [0.2, 0.25) is 0 Å². The molecular weight excluding hydrogens is 238 g/mol. The molecule has 2 aromatic rings. The Hall–Kier alpha value is -1.62. The standard InChI is InChI=1S/C11H14ClN5/c1-7-10(12)16-8(2)17-11(7)14-4-3-9-5-13-6-15-9/h5-6H,3-4H2,1-2H3,(H,13,15)(H,14,16,17). The zero-order valence-electron chi connectivity index (χ0n) is 9.79. The molecule has 90 valence electrons. The zero-order valence-corrected chi connectivity index (χ0v) is 10.5. The molecule has 2 N–H and O–H groups in total. The molecule has 0 amide bonds. The van der Waals surface area contributed by atoms with Gasteiger partial charge in [-0.25, -0.2) is 15.0 Å². The van der Waals surface area contributed by atoms with Crippen LogP contribution >= 0.6 is 11.6 Å². The van der Waals surface area contributed by atoms with Crippen molar-refractivity contribution in [2.24, 2.45) is 0 Å². The lowest BCUT2D eigenvalue weighted by molar-refractivity contribution is 0.947. The molecule has 2 heterocycles. The predicted octanol–water partition coefficient (Wildman–Crippen LogP) is 2.12. The SMILES string of the molecule is Cc1nc(Cl)c(C)c(NCCc2cnc[nH]2)n1. The average molecular weight is 252 g/mol. The number of aromatic amines is 1. The first-order chi connectivity index (χ1) is 8.16. The highest BCUT2D eigenvalue weighted by Gasteiger charge is 2.06. The van der Waals surface area contributed by atoms with Gasteiger partial charge in [-0.05, 0) is 13.8 Å². The van der Waals surface area contributed by atoms with Crippen molar-refractivity contribution in [1.29, 1.82) is 0 Å². The van der Waals surface area contributed by atoms with Gasteiger partial charge in [-0.2, -0.15) is 0 Å². The summed E-state index contributed by atoms with van der Waals surface area (Å²) in [4.78, 5) is 15.4. The maximum Gasteiger partial charge on any atom is 0.137 e. The molecule has 0 aliphatic carbocycles. The molecular formula is C11H14ClN5. The van der Waals surface area contributed by atoms with E-state index in [4.69, 9.17) is 11.6 Å². The van der Waals surface area contributed by atoms with E-state index in [0.29, 0.717) is 11.0 Å². The quantitative estimate of drug-likeness (QED) is 0.817. The van der Waals surface area contributed by atoms with Gasteiger partial charge < -0.3 is 10.3 Å². The highest BCUT2D eigenvalue weighted by molar-refractivity contribution is 6.30. The summed E-state index contributed by atoms with van der Waals surface area (Å²) in [6, 6.07) is 0. The zero-order chi connectivity index (χ0) is 12.3. The molecule has 2 rings (SSSR count). The number of aryl methyl sites for hydroxylation is 1. The minimum Gasteiger partial charge on any atom is -0.369 e. The lowest BCUT2D eigenvalue weighted by Crippen LogP contribution is -2.09. The molecule has 2 aromatic heterocycles.